The number of thioether (sulfide) groups is 1. The number of amides is 2. The number of rotatable bonds is 4. The van der Waals surface area contributed by atoms with Crippen LogP contribution in [0.4, 0.5) is 14.5 Å². The van der Waals surface area contributed by atoms with Crippen molar-refractivity contribution in [1.29, 1.82) is 0 Å². The van der Waals surface area contributed by atoms with Gasteiger partial charge in [0.15, 0.2) is 16.5 Å². The monoisotopic (exact) mass is 480 g/mol. The number of benzene rings is 3. The molecule has 1 saturated heterocycles. The second kappa shape index (κ2) is 8.43. The zero-order chi connectivity index (χ0) is 24.0. The highest BCUT2D eigenvalue weighted by atomic mass is 32.2. The summed E-state index contributed by atoms with van der Waals surface area (Å²) in [5.74, 6) is -1.29. The fourth-order valence-corrected chi connectivity index (χ4v) is 6.00. The highest BCUT2D eigenvalue weighted by Gasteiger charge is 2.59. The average molecular weight is 481 g/mol. The number of nitrogens with zero attached hydrogens (tertiary/aromatic N) is 2. The number of hydrogen-bond donors (Lipinski definition) is 0. The second-order valence-electron chi connectivity index (χ2n) is 8.34. The third kappa shape index (κ3) is 3.44. The van der Waals surface area contributed by atoms with E-state index in [9.17, 15) is 18.4 Å². The quantitative estimate of drug-likeness (QED) is 0.535. The van der Waals surface area contributed by atoms with E-state index in [1.54, 1.807) is 42.3 Å². The fraction of sp³-hybridized carbons (Fsp3) is 0.231. The third-order valence-electron chi connectivity index (χ3n) is 6.27. The van der Waals surface area contributed by atoms with Crippen LogP contribution in [0.25, 0.3) is 0 Å². The SMILES string of the molecule is COc1ccc2c(c1)[C@]1(SCCN1C(=O)c1ccc(C)cc1)C(=O)N2Cc1ccc(F)c(F)c1. The summed E-state index contributed by atoms with van der Waals surface area (Å²) < 4.78 is 32.8. The Balaban J connectivity index is 1.60. The number of carbonyl (C=O) groups is 2. The fourth-order valence-electron chi connectivity index (χ4n) is 4.55. The van der Waals surface area contributed by atoms with Crippen LogP contribution >= 0.6 is 11.8 Å². The summed E-state index contributed by atoms with van der Waals surface area (Å²) in [6.45, 7) is 2.39. The molecule has 0 saturated carbocycles. The van der Waals surface area contributed by atoms with Gasteiger partial charge in [0.25, 0.3) is 11.8 Å². The number of carbonyl (C=O) groups excluding carboxylic acids is 2. The highest BCUT2D eigenvalue weighted by molar-refractivity contribution is 8.01. The highest BCUT2D eigenvalue weighted by Crippen LogP contribution is 2.55. The molecule has 174 valence electrons. The van der Waals surface area contributed by atoms with Gasteiger partial charge in [-0.1, -0.05) is 23.8 Å². The first-order chi connectivity index (χ1) is 16.3. The molecule has 0 unspecified atom stereocenters. The van der Waals surface area contributed by atoms with Crippen LogP contribution < -0.4 is 9.64 Å². The number of methoxy groups -OCH3 is 1. The topological polar surface area (TPSA) is 49.9 Å². The second-order valence-corrected chi connectivity index (χ2v) is 9.63. The first-order valence-corrected chi connectivity index (χ1v) is 11.8. The predicted molar refractivity (Wildman–Crippen MR) is 127 cm³/mol. The van der Waals surface area contributed by atoms with Crippen LogP contribution in [-0.2, 0) is 16.2 Å². The summed E-state index contributed by atoms with van der Waals surface area (Å²) in [6.07, 6.45) is 0. The Hall–Kier alpha value is -3.39. The van der Waals surface area contributed by atoms with E-state index in [4.69, 9.17) is 4.74 Å². The number of aryl methyl sites for hydroxylation is 1. The summed E-state index contributed by atoms with van der Waals surface area (Å²) in [7, 11) is 1.54. The lowest BCUT2D eigenvalue weighted by molar-refractivity contribution is -0.123. The van der Waals surface area contributed by atoms with E-state index >= 15 is 0 Å². The summed E-state index contributed by atoms with van der Waals surface area (Å²) in [5, 5.41) is 0. The lowest BCUT2D eigenvalue weighted by atomic mass is 10.0. The molecule has 0 aliphatic carbocycles. The van der Waals surface area contributed by atoms with Crippen LogP contribution in [0.1, 0.15) is 27.0 Å². The van der Waals surface area contributed by atoms with Gasteiger partial charge in [0, 0.05) is 23.4 Å². The zero-order valence-electron chi connectivity index (χ0n) is 18.7. The van der Waals surface area contributed by atoms with Gasteiger partial charge in [0.1, 0.15) is 5.75 Å². The molecule has 0 bridgehead atoms. The van der Waals surface area contributed by atoms with Gasteiger partial charge in [-0.2, -0.15) is 0 Å². The Morgan fingerprint density at radius 3 is 2.53 bits per heavy atom. The molecule has 5 rings (SSSR count). The van der Waals surface area contributed by atoms with Gasteiger partial charge in [-0.25, -0.2) is 8.78 Å². The summed E-state index contributed by atoms with van der Waals surface area (Å²) >= 11 is 1.40. The Labute approximate surface area is 200 Å². The minimum atomic E-state index is -1.26. The maximum atomic E-state index is 14.0. The van der Waals surface area contributed by atoms with E-state index < -0.39 is 16.5 Å². The molecule has 2 amide bonds. The van der Waals surface area contributed by atoms with Gasteiger partial charge in [0.05, 0.1) is 19.3 Å². The number of halogens is 2. The van der Waals surface area contributed by atoms with Crippen molar-refractivity contribution >= 4 is 29.3 Å². The molecule has 5 nitrogen and oxygen atoms in total. The number of fused-ring (bicyclic) bond motifs is 2. The maximum absolute atomic E-state index is 14.0. The van der Waals surface area contributed by atoms with Crippen LogP contribution in [0, 0.1) is 18.6 Å². The van der Waals surface area contributed by atoms with E-state index in [1.807, 2.05) is 19.1 Å². The summed E-state index contributed by atoms with van der Waals surface area (Å²) in [4.78, 5) is 29.5. The van der Waals surface area contributed by atoms with E-state index in [0.29, 0.717) is 40.4 Å². The van der Waals surface area contributed by atoms with Crippen molar-refractivity contribution in [2.75, 3.05) is 24.3 Å². The predicted octanol–water partition coefficient (Wildman–Crippen LogP) is 4.87. The minimum Gasteiger partial charge on any atom is -0.497 e. The normalized spacial score (nSPS) is 19.1. The van der Waals surface area contributed by atoms with Crippen molar-refractivity contribution in [1.82, 2.24) is 4.90 Å². The van der Waals surface area contributed by atoms with Crippen LogP contribution in [0.5, 0.6) is 5.75 Å². The lowest BCUT2D eigenvalue weighted by Crippen LogP contribution is -2.50. The molecule has 2 aliphatic rings. The van der Waals surface area contributed by atoms with Crippen LogP contribution in [0.2, 0.25) is 0 Å². The Morgan fingerprint density at radius 1 is 1.06 bits per heavy atom. The molecule has 1 spiro atoms. The van der Waals surface area contributed by atoms with Crippen molar-refractivity contribution in [3.8, 4) is 5.75 Å². The molecule has 3 aromatic carbocycles. The Morgan fingerprint density at radius 2 is 1.82 bits per heavy atom. The van der Waals surface area contributed by atoms with Crippen LogP contribution in [-0.4, -0.2) is 36.1 Å². The molecule has 2 heterocycles. The summed E-state index contributed by atoms with van der Waals surface area (Å²) in [5.41, 5.74) is 3.26. The van der Waals surface area contributed by atoms with Crippen molar-refractivity contribution < 1.29 is 23.1 Å². The van der Waals surface area contributed by atoms with Crippen molar-refractivity contribution in [2.24, 2.45) is 0 Å². The maximum Gasteiger partial charge on any atom is 0.268 e. The molecular formula is C26H22F2N2O3S. The van der Waals surface area contributed by atoms with Gasteiger partial charge in [0.2, 0.25) is 0 Å². The van der Waals surface area contributed by atoms with E-state index in [0.717, 1.165) is 17.7 Å². The molecule has 1 fully saturated rings. The molecule has 3 aromatic rings. The van der Waals surface area contributed by atoms with E-state index in [-0.39, 0.29) is 18.4 Å². The van der Waals surface area contributed by atoms with Gasteiger partial charge in [-0.05, 0) is 55.0 Å². The smallest absolute Gasteiger partial charge is 0.268 e. The van der Waals surface area contributed by atoms with E-state index in [1.165, 1.54) is 22.7 Å². The van der Waals surface area contributed by atoms with Gasteiger partial charge < -0.3 is 14.5 Å². The molecule has 0 aromatic heterocycles. The van der Waals surface area contributed by atoms with Gasteiger partial charge in [-0.3, -0.25) is 9.59 Å². The van der Waals surface area contributed by atoms with E-state index in [2.05, 4.69) is 0 Å². The Bertz CT molecular complexity index is 1300. The molecule has 34 heavy (non-hydrogen) atoms. The number of hydrogen-bond acceptors (Lipinski definition) is 4. The first kappa shape index (κ1) is 22.4. The average Bonchev–Trinajstić information content (AvgIpc) is 3.38. The third-order valence-corrected chi connectivity index (χ3v) is 7.69. The van der Waals surface area contributed by atoms with Gasteiger partial charge >= 0.3 is 0 Å². The standard InChI is InChI=1S/C26H22F2N2O3S/c1-16-3-6-18(7-4-16)24(31)30-11-12-34-26(30)20-14-19(33-2)8-10-23(20)29(25(26)32)15-17-5-9-21(27)22(28)13-17/h3-10,13-14H,11-12,15H2,1-2H3/t26-/m0/s1. The number of anilines is 1. The first-order valence-electron chi connectivity index (χ1n) is 10.8. The lowest BCUT2D eigenvalue weighted by Gasteiger charge is -2.33. The van der Waals surface area contributed by atoms with Crippen LogP contribution in [0.15, 0.2) is 60.7 Å². The zero-order valence-corrected chi connectivity index (χ0v) is 19.5. The van der Waals surface area contributed by atoms with Crippen LogP contribution in [0.3, 0.4) is 0 Å². The largest absolute Gasteiger partial charge is 0.497 e. The molecule has 2 aliphatic heterocycles. The van der Waals surface area contributed by atoms with Crippen molar-refractivity contribution in [2.45, 2.75) is 18.3 Å². The molecule has 8 heteroatoms. The Kier molecular flexibility index (Phi) is 5.56. The molecule has 0 radical (unpaired) electrons. The molecule has 1 atom stereocenters. The number of ether oxygens (including phenoxy) is 1. The molecular weight excluding hydrogens is 458 g/mol. The summed E-state index contributed by atoms with van der Waals surface area (Å²) in [6, 6.07) is 16.2. The molecule has 0 N–H and O–H groups in total. The van der Waals surface area contributed by atoms with Gasteiger partial charge in [-0.15, -0.1) is 11.8 Å². The van der Waals surface area contributed by atoms with Crippen molar-refractivity contribution in [3.63, 3.8) is 0 Å². The minimum absolute atomic E-state index is 0.0459. The van der Waals surface area contributed by atoms with Crippen molar-refractivity contribution in [3.05, 3.63) is 94.6 Å².